The summed E-state index contributed by atoms with van der Waals surface area (Å²) in [6, 6.07) is 4.59. The molecule has 0 saturated heterocycles. The summed E-state index contributed by atoms with van der Waals surface area (Å²) in [5.74, 6) is -1.03. The quantitative estimate of drug-likeness (QED) is 0.866. The number of tetrazole rings is 1. The fraction of sp³-hybridized carbons (Fsp3) is 0.333. The zero-order valence-electron chi connectivity index (χ0n) is 10.6. The Morgan fingerprint density at radius 2 is 2.16 bits per heavy atom. The summed E-state index contributed by atoms with van der Waals surface area (Å²) < 4.78 is 13.7. The Hall–Kier alpha value is -2.31. The lowest BCUT2D eigenvalue weighted by Gasteiger charge is -2.17. The number of nitrogens with one attached hydrogen (secondary N) is 1. The van der Waals surface area contributed by atoms with E-state index in [0.29, 0.717) is 0 Å². The first-order valence-corrected chi connectivity index (χ1v) is 5.83. The summed E-state index contributed by atoms with van der Waals surface area (Å²) in [6.45, 7) is 3.61. The molecule has 2 rings (SSSR count). The number of halogens is 1. The highest BCUT2D eigenvalue weighted by molar-refractivity contribution is 5.77. The van der Waals surface area contributed by atoms with E-state index in [-0.39, 0.29) is 29.1 Å². The summed E-state index contributed by atoms with van der Waals surface area (Å²) >= 11 is 0. The van der Waals surface area contributed by atoms with Crippen molar-refractivity contribution < 1.29 is 9.18 Å². The molecule has 1 amide bonds. The number of primary amides is 1. The van der Waals surface area contributed by atoms with Crippen LogP contribution in [0.5, 0.6) is 0 Å². The minimum absolute atomic E-state index is 0.118. The van der Waals surface area contributed by atoms with Crippen LogP contribution in [-0.2, 0) is 4.79 Å². The molecule has 100 valence electrons. The van der Waals surface area contributed by atoms with E-state index in [9.17, 15) is 9.18 Å². The number of nitrogens with zero attached hydrogens (tertiary/aromatic N) is 3. The summed E-state index contributed by atoms with van der Waals surface area (Å²) in [5, 5.41) is 13.0. The third-order valence-corrected chi connectivity index (χ3v) is 3.32. The minimum atomic E-state index is -0.429. The average Bonchev–Trinajstić information content (AvgIpc) is 2.91. The van der Waals surface area contributed by atoms with Crippen LogP contribution in [0.15, 0.2) is 18.2 Å². The topological polar surface area (TPSA) is 97.6 Å². The lowest BCUT2D eigenvalue weighted by molar-refractivity contribution is -0.121. The molecule has 3 N–H and O–H groups in total. The molecule has 19 heavy (non-hydrogen) atoms. The van der Waals surface area contributed by atoms with Gasteiger partial charge in [-0.2, -0.15) is 0 Å². The number of rotatable bonds is 4. The van der Waals surface area contributed by atoms with Gasteiger partial charge in [-0.1, -0.05) is 19.9 Å². The van der Waals surface area contributed by atoms with Gasteiger partial charge in [0.2, 0.25) is 5.91 Å². The van der Waals surface area contributed by atoms with Crippen molar-refractivity contribution in [1.82, 2.24) is 20.6 Å². The highest BCUT2D eigenvalue weighted by Crippen LogP contribution is 2.28. The molecule has 2 atom stereocenters. The van der Waals surface area contributed by atoms with Crippen LogP contribution < -0.4 is 5.73 Å². The van der Waals surface area contributed by atoms with Crippen molar-refractivity contribution in [3.8, 4) is 11.4 Å². The van der Waals surface area contributed by atoms with Gasteiger partial charge < -0.3 is 5.73 Å². The van der Waals surface area contributed by atoms with Gasteiger partial charge in [0.25, 0.3) is 0 Å². The Morgan fingerprint density at radius 1 is 1.42 bits per heavy atom. The molecule has 0 fully saturated rings. The standard InChI is InChI=1S/C12H14FN5O/c1-6(7(2)11(14)19)8-3-4-10(13)9(5-8)12-15-17-18-16-12/h3-7H,1-2H3,(H2,14,19)(H,15,16,17,18)/t6-,7?/m0/s1. The smallest absolute Gasteiger partial charge is 0.220 e. The van der Waals surface area contributed by atoms with Gasteiger partial charge in [0.05, 0.1) is 5.56 Å². The first-order chi connectivity index (χ1) is 9.00. The van der Waals surface area contributed by atoms with Gasteiger partial charge in [0.1, 0.15) is 5.82 Å². The van der Waals surface area contributed by atoms with E-state index in [0.717, 1.165) is 5.56 Å². The summed E-state index contributed by atoms with van der Waals surface area (Å²) in [5.41, 5.74) is 6.36. The first-order valence-electron chi connectivity index (χ1n) is 5.83. The fourth-order valence-electron chi connectivity index (χ4n) is 1.82. The fourth-order valence-corrected chi connectivity index (χ4v) is 1.82. The maximum absolute atomic E-state index is 13.7. The molecule has 0 bridgehead atoms. The number of amides is 1. The van der Waals surface area contributed by atoms with Crippen LogP contribution in [0.3, 0.4) is 0 Å². The second kappa shape index (κ2) is 5.13. The van der Waals surface area contributed by atoms with E-state index in [4.69, 9.17) is 5.73 Å². The van der Waals surface area contributed by atoms with Crippen molar-refractivity contribution in [2.75, 3.05) is 0 Å². The second-order valence-corrected chi connectivity index (χ2v) is 4.47. The molecule has 2 aromatic rings. The molecule has 1 aromatic carbocycles. The number of aromatic amines is 1. The molecule has 0 saturated carbocycles. The number of aromatic nitrogens is 4. The highest BCUT2D eigenvalue weighted by Gasteiger charge is 2.21. The van der Waals surface area contributed by atoms with Gasteiger partial charge in [0, 0.05) is 5.92 Å². The Morgan fingerprint density at radius 3 is 2.74 bits per heavy atom. The van der Waals surface area contributed by atoms with Crippen LogP contribution in [0.25, 0.3) is 11.4 Å². The van der Waals surface area contributed by atoms with Crippen molar-refractivity contribution in [2.24, 2.45) is 11.7 Å². The van der Waals surface area contributed by atoms with Crippen LogP contribution in [-0.4, -0.2) is 26.5 Å². The van der Waals surface area contributed by atoms with Crippen LogP contribution in [0, 0.1) is 11.7 Å². The van der Waals surface area contributed by atoms with E-state index < -0.39 is 5.82 Å². The predicted molar refractivity (Wildman–Crippen MR) is 66.3 cm³/mol. The van der Waals surface area contributed by atoms with E-state index in [1.54, 1.807) is 19.1 Å². The van der Waals surface area contributed by atoms with Gasteiger partial charge >= 0.3 is 0 Å². The number of nitrogens with two attached hydrogens (primary N) is 1. The highest BCUT2D eigenvalue weighted by atomic mass is 19.1. The lowest BCUT2D eigenvalue weighted by Crippen LogP contribution is -2.25. The number of benzene rings is 1. The Kier molecular flexibility index (Phi) is 3.55. The minimum Gasteiger partial charge on any atom is -0.369 e. The maximum Gasteiger partial charge on any atom is 0.220 e. The Labute approximate surface area is 109 Å². The zero-order valence-corrected chi connectivity index (χ0v) is 10.6. The maximum atomic E-state index is 13.7. The molecule has 0 aliphatic carbocycles. The summed E-state index contributed by atoms with van der Waals surface area (Å²) in [7, 11) is 0. The molecule has 6 nitrogen and oxygen atoms in total. The average molecular weight is 263 g/mol. The van der Waals surface area contributed by atoms with Gasteiger partial charge in [-0.15, -0.1) is 5.10 Å². The Balaban J connectivity index is 2.39. The molecule has 0 radical (unpaired) electrons. The summed E-state index contributed by atoms with van der Waals surface area (Å²) in [4.78, 5) is 11.2. The summed E-state index contributed by atoms with van der Waals surface area (Å²) in [6.07, 6.45) is 0. The molecule has 1 unspecified atom stereocenters. The van der Waals surface area contributed by atoms with Crippen LogP contribution in [0.2, 0.25) is 0 Å². The van der Waals surface area contributed by atoms with Gasteiger partial charge in [-0.05, 0) is 34.0 Å². The lowest BCUT2D eigenvalue weighted by atomic mass is 9.87. The molecule has 1 aromatic heterocycles. The second-order valence-electron chi connectivity index (χ2n) is 4.47. The molecular formula is C12H14FN5O. The van der Waals surface area contributed by atoms with Crippen molar-refractivity contribution in [2.45, 2.75) is 19.8 Å². The van der Waals surface area contributed by atoms with Crippen LogP contribution in [0.4, 0.5) is 4.39 Å². The van der Waals surface area contributed by atoms with Crippen molar-refractivity contribution in [1.29, 1.82) is 0 Å². The Bertz CT molecular complexity index is 584. The number of hydrogen-bond donors (Lipinski definition) is 2. The van der Waals surface area contributed by atoms with Gasteiger partial charge in [-0.3, -0.25) is 4.79 Å². The molecule has 0 aliphatic heterocycles. The first kappa shape index (κ1) is 13.1. The zero-order chi connectivity index (χ0) is 14.0. The number of H-pyrrole nitrogens is 1. The largest absolute Gasteiger partial charge is 0.369 e. The van der Waals surface area contributed by atoms with Crippen LogP contribution >= 0.6 is 0 Å². The monoisotopic (exact) mass is 263 g/mol. The number of carbonyl (C=O) groups excluding carboxylic acids is 1. The van der Waals surface area contributed by atoms with E-state index in [1.807, 2.05) is 6.92 Å². The van der Waals surface area contributed by atoms with Gasteiger partial charge in [0.15, 0.2) is 5.82 Å². The SMILES string of the molecule is CC(C(N)=O)[C@H](C)c1ccc(F)c(-c2nnn[nH]2)c1. The van der Waals surface area contributed by atoms with Gasteiger partial charge in [-0.25, -0.2) is 9.49 Å². The van der Waals surface area contributed by atoms with E-state index >= 15 is 0 Å². The molecule has 0 aliphatic rings. The molecule has 0 spiro atoms. The van der Waals surface area contributed by atoms with Crippen LogP contribution in [0.1, 0.15) is 25.3 Å². The van der Waals surface area contributed by atoms with Crippen molar-refractivity contribution in [3.05, 3.63) is 29.6 Å². The van der Waals surface area contributed by atoms with E-state index in [1.165, 1.54) is 6.07 Å². The molecule has 1 heterocycles. The third-order valence-electron chi connectivity index (χ3n) is 3.32. The predicted octanol–water partition coefficient (Wildman–Crippen LogP) is 1.23. The number of carbonyl (C=O) groups is 1. The molecular weight excluding hydrogens is 249 g/mol. The van der Waals surface area contributed by atoms with Crippen molar-refractivity contribution >= 4 is 5.91 Å². The number of hydrogen-bond acceptors (Lipinski definition) is 4. The molecule has 7 heteroatoms. The third kappa shape index (κ3) is 2.59. The van der Waals surface area contributed by atoms with E-state index in [2.05, 4.69) is 20.6 Å². The normalized spacial score (nSPS) is 14.1. The van der Waals surface area contributed by atoms with Crippen molar-refractivity contribution in [3.63, 3.8) is 0 Å².